The first-order valence-electron chi connectivity index (χ1n) is 6.89. The second-order valence-electron chi connectivity index (χ2n) is 4.75. The first kappa shape index (κ1) is 15.1. The highest BCUT2D eigenvalue weighted by atomic mass is 35.5. The van der Waals surface area contributed by atoms with Gasteiger partial charge in [0.15, 0.2) is 0 Å². The molecule has 1 amide bonds. The van der Waals surface area contributed by atoms with Crippen LogP contribution in [-0.4, -0.2) is 48.6 Å². The fraction of sp³-hybridized carbons (Fsp3) is 0.571. The molecule has 20 heavy (non-hydrogen) atoms. The molecule has 1 aliphatic rings. The normalized spacial score (nSPS) is 16.2. The lowest BCUT2D eigenvalue weighted by Gasteiger charge is -2.31. The summed E-state index contributed by atoms with van der Waals surface area (Å²) in [7, 11) is 1.74. The van der Waals surface area contributed by atoms with E-state index in [4.69, 9.17) is 16.3 Å². The van der Waals surface area contributed by atoms with Crippen LogP contribution in [0.1, 0.15) is 30.1 Å². The molecule has 0 saturated carbocycles. The maximum Gasteiger partial charge on any atom is 0.255 e. The second kappa shape index (κ2) is 6.90. The van der Waals surface area contributed by atoms with Crippen LogP contribution in [0.3, 0.4) is 0 Å². The molecule has 0 atom stereocenters. The van der Waals surface area contributed by atoms with Crippen molar-refractivity contribution in [2.24, 2.45) is 0 Å². The molecule has 2 heterocycles. The fourth-order valence-corrected chi connectivity index (χ4v) is 2.64. The van der Waals surface area contributed by atoms with Crippen molar-refractivity contribution in [3.8, 4) is 0 Å². The Morgan fingerprint density at radius 3 is 2.80 bits per heavy atom. The van der Waals surface area contributed by atoms with E-state index in [1.54, 1.807) is 19.3 Å². The van der Waals surface area contributed by atoms with Crippen LogP contribution in [0.15, 0.2) is 12.3 Å². The van der Waals surface area contributed by atoms with E-state index in [9.17, 15) is 4.79 Å². The third-order valence-corrected chi connectivity index (χ3v) is 3.74. The summed E-state index contributed by atoms with van der Waals surface area (Å²) in [4.78, 5) is 18.4. The van der Waals surface area contributed by atoms with E-state index in [1.165, 1.54) is 0 Å². The van der Waals surface area contributed by atoms with Gasteiger partial charge in [0.25, 0.3) is 5.91 Å². The topological polar surface area (TPSA) is 54.5 Å². The number of pyridine rings is 1. The molecule has 1 aromatic rings. The van der Waals surface area contributed by atoms with E-state index in [0.717, 1.165) is 32.5 Å². The Morgan fingerprint density at radius 2 is 2.25 bits per heavy atom. The lowest BCUT2D eigenvalue weighted by atomic mass is 10.1. The molecule has 6 heteroatoms. The first-order chi connectivity index (χ1) is 9.65. The number of carbonyl (C=O) groups is 1. The van der Waals surface area contributed by atoms with Gasteiger partial charge in [-0.15, -0.1) is 0 Å². The highest BCUT2D eigenvalue weighted by Gasteiger charge is 2.24. The zero-order valence-corrected chi connectivity index (χ0v) is 12.6. The molecule has 0 bridgehead atoms. The van der Waals surface area contributed by atoms with Crippen molar-refractivity contribution in [2.45, 2.75) is 25.9 Å². The molecule has 0 spiro atoms. The Balaban J connectivity index is 2.00. The minimum atomic E-state index is -0.0167. The van der Waals surface area contributed by atoms with E-state index in [0.29, 0.717) is 16.4 Å². The summed E-state index contributed by atoms with van der Waals surface area (Å²) >= 11 is 6.06. The summed E-state index contributed by atoms with van der Waals surface area (Å²) in [5.74, 6) is 0.565. The van der Waals surface area contributed by atoms with Gasteiger partial charge in [0.1, 0.15) is 5.82 Å². The molecule has 1 N–H and O–H groups in total. The van der Waals surface area contributed by atoms with Gasteiger partial charge in [-0.1, -0.05) is 11.6 Å². The number of rotatable bonds is 4. The number of piperidine rings is 1. The molecule has 5 nitrogen and oxygen atoms in total. The van der Waals surface area contributed by atoms with E-state index in [2.05, 4.69) is 10.3 Å². The molecule has 1 saturated heterocycles. The van der Waals surface area contributed by atoms with E-state index in [1.807, 2.05) is 11.8 Å². The number of anilines is 1. The van der Waals surface area contributed by atoms with Gasteiger partial charge in [-0.3, -0.25) is 4.79 Å². The van der Waals surface area contributed by atoms with Crippen LogP contribution in [0.4, 0.5) is 5.82 Å². The average molecular weight is 298 g/mol. The lowest BCUT2D eigenvalue weighted by molar-refractivity contribution is 0.0146. The summed E-state index contributed by atoms with van der Waals surface area (Å²) in [6.45, 7) is 4.15. The van der Waals surface area contributed by atoms with E-state index < -0.39 is 0 Å². The van der Waals surface area contributed by atoms with Crippen LogP contribution in [0.25, 0.3) is 0 Å². The molecular formula is C14H20ClN3O2. The van der Waals surface area contributed by atoms with Crippen LogP contribution in [-0.2, 0) is 4.74 Å². The van der Waals surface area contributed by atoms with Crippen molar-refractivity contribution < 1.29 is 9.53 Å². The monoisotopic (exact) mass is 297 g/mol. The summed E-state index contributed by atoms with van der Waals surface area (Å²) in [6, 6.07) is 1.66. The summed E-state index contributed by atoms with van der Waals surface area (Å²) in [5.41, 5.74) is 0.531. The van der Waals surface area contributed by atoms with Crippen molar-refractivity contribution in [3.05, 3.63) is 22.8 Å². The SMILES string of the molecule is CCOC1CCN(C(=O)c2cnc(NC)c(Cl)c2)CC1. The Bertz CT molecular complexity index is 473. The third kappa shape index (κ3) is 3.41. The highest BCUT2D eigenvalue weighted by molar-refractivity contribution is 6.33. The Morgan fingerprint density at radius 1 is 1.55 bits per heavy atom. The Hall–Kier alpha value is -1.33. The van der Waals surface area contributed by atoms with Gasteiger partial charge in [-0.05, 0) is 25.8 Å². The quantitative estimate of drug-likeness (QED) is 0.927. The molecule has 0 radical (unpaired) electrons. The van der Waals surface area contributed by atoms with Crippen LogP contribution in [0.2, 0.25) is 5.02 Å². The minimum absolute atomic E-state index is 0.0167. The van der Waals surface area contributed by atoms with Gasteiger partial charge in [0, 0.05) is 32.9 Å². The number of nitrogens with zero attached hydrogens (tertiary/aromatic N) is 2. The Labute approximate surface area is 124 Å². The molecule has 0 aliphatic carbocycles. The highest BCUT2D eigenvalue weighted by Crippen LogP contribution is 2.22. The standard InChI is InChI=1S/C14H20ClN3O2/c1-3-20-11-4-6-18(7-5-11)14(19)10-8-12(15)13(16-2)17-9-10/h8-9,11H,3-7H2,1-2H3,(H,16,17). The molecule has 0 unspecified atom stereocenters. The van der Waals surface area contributed by atoms with Gasteiger partial charge < -0.3 is 15.0 Å². The number of ether oxygens (including phenoxy) is 1. The summed E-state index contributed by atoms with van der Waals surface area (Å²) in [5, 5.41) is 3.34. The van der Waals surface area contributed by atoms with Crippen LogP contribution in [0, 0.1) is 0 Å². The minimum Gasteiger partial charge on any atom is -0.378 e. The van der Waals surface area contributed by atoms with Crippen LogP contribution < -0.4 is 5.32 Å². The van der Waals surface area contributed by atoms with Crippen molar-refractivity contribution >= 4 is 23.3 Å². The van der Waals surface area contributed by atoms with E-state index in [-0.39, 0.29) is 12.0 Å². The van der Waals surface area contributed by atoms with E-state index >= 15 is 0 Å². The second-order valence-corrected chi connectivity index (χ2v) is 5.16. The van der Waals surface area contributed by atoms with Crippen LogP contribution >= 0.6 is 11.6 Å². The number of aromatic nitrogens is 1. The number of amides is 1. The molecule has 1 fully saturated rings. The lowest BCUT2D eigenvalue weighted by Crippen LogP contribution is -2.40. The predicted molar refractivity (Wildman–Crippen MR) is 79.3 cm³/mol. The van der Waals surface area contributed by atoms with Gasteiger partial charge in [0.05, 0.1) is 16.7 Å². The maximum absolute atomic E-state index is 12.4. The predicted octanol–water partition coefficient (Wildman–Crippen LogP) is 2.42. The van der Waals surface area contributed by atoms with Crippen molar-refractivity contribution in [2.75, 3.05) is 32.1 Å². The van der Waals surface area contributed by atoms with Crippen molar-refractivity contribution in [1.29, 1.82) is 0 Å². The fourth-order valence-electron chi connectivity index (χ4n) is 2.38. The van der Waals surface area contributed by atoms with Gasteiger partial charge in [0.2, 0.25) is 0 Å². The number of carbonyl (C=O) groups excluding carboxylic acids is 1. The largest absolute Gasteiger partial charge is 0.378 e. The van der Waals surface area contributed by atoms with Gasteiger partial charge in [-0.2, -0.15) is 0 Å². The zero-order chi connectivity index (χ0) is 14.5. The van der Waals surface area contributed by atoms with Gasteiger partial charge >= 0.3 is 0 Å². The summed E-state index contributed by atoms with van der Waals surface area (Å²) in [6.07, 6.45) is 3.61. The van der Waals surface area contributed by atoms with Crippen molar-refractivity contribution in [3.63, 3.8) is 0 Å². The Kier molecular flexibility index (Phi) is 5.20. The zero-order valence-electron chi connectivity index (χ0n) is 11.9. The average Bonchev–Trinajstić information content (AvgIpc) is 2.47. The maximum atomic E-state index is 12.4. The number of hydrogen-bond donors (Lipinski definition) is 1. The molecule has 2 rings (SSSR count). The van der Waals surface area contributed by atoms with Crippen LogP contribution in [0.5, 0.6) is 0 Å². The molecule has 1 aliphatic heterocycles. The molecule has 110 valence electrons. The van der Waals surface area contributed by atoms with Gasteiger partial charge in [-0.25, -0.2) is 4.98 Å². The third-order valence-electron chi connectivity index (χ3n) is 3.46. The smallest absolute Gasteiger partial charge is 0.255 e. The molecule has 1 aromatic heterocycles. The molecule has 0 aromatic carbocycles. The number of hydrogen-bond acceptors (Lipinski definition) is 4. The number of nitrogens with one attached hydrogen (secondary N) is 1. The van der Waals surface area contributed by atoms with Crippen molar-refractivity contribution in [1.82, 2.24) is 9.88 Å². The summed E-state index contributed by atoms with van der Waals surface area (Å²) < 4.78 is 5.59. The first-order valence-corrected chi connectivity index (χ1v) is 7.27. The molecular weight excluding hydrogens is 278 g/mol. The number of likely N-dealkylation sites (tertiary alicyclic amines) is 1. The number of halogens is 1.